The van der Waals surface area contributed by atoms with E-state index in [0.29, 0.717) is 6.42 Å². The van der Waals surface area contributed by atoms with Gasteiger partial charge in [0.05, 0.1) is 0 Å². The molecule has 0 amide bonds. The summed E-state index contributed by atoms with van der Waals surface area (Å²) >= 11 is 0. The maximum atomic E-state index is 13.2. The third kappa shape index (κ3) is 5.19. The standard InChI is InChI=1S/C9H20FN/c1-5-7(2)8(10)6-9(3,4)11/h7-8H,5-6,11H2,1-4H3. The summed E-state index contributed by atoms with van der Waals surface area (Å²) in [5.74, 6) is 0.137. The molecule has 0 spiro atoms. The second-order valence-electron chi connectivity index (χ2n) is 4.09. The van der Waals surface area contributed by atoms with Gasteiger partial charge in [-0.3, -0.25) is 0 Å². The lowest BCUT2D eigenvalue weighted by molar-refractivity contribution is 0.189. The van der Waals surface area contributed by atoms with Gasteiger partial charge < -0.3 is 5.73 Å². The molecule has 0 fully saturated rings. The molecular formula is C9H20FN. The molecule has 0 aliphatic carbocycles. The smallest absolute Gasteiger partial charge is 0.104 e. The van der Waals surface area contributed by atoms with Gasteiger partial charge in [0.15, 0.2) is 0 Å². The normalized spacial score (nSPS) is 18.0. The van der Waals surface area contributed by atoms with Crippen LogP contribution in [0.3, 0.4) is 0 Å². The minimum Gasteiger partial charge on any atom is -0.325 e. The molecule has 2 atom stereocenters. The number of nitrogens with two attached hydrogens (primary N) is 1. The molecule has 0 heterocycles. The Balaban J connectivity index is 3.77. The number of hydrogen-bond acceptors (Lipinski definition) is 1. The molecule has 0 saturated carbocycles. The summed E-state index contributed by atoms with van der Waals surface area (Å²) in [5.41, 5.74) is 5.32. The fourth-order valence-corrected chi connectivity index (χ4v) is 0.960. The second kappa shape index (κ2) is 4.05. The van der Waals surface area contributed by atoms with Gasteiger partial charge in [0.25, 0.3) is 0 Å². The predicted molar refractivity (Wildman–Crippen MR) is 47.2 cm³/mol. The molecule has 0 aliphatic rings. The van der Waals surface area contributed by atoms with E-state index in [0.717, 1.165) is 6.42 Å². The zero-order valence-corrected chi connectivity index (χ0v) is 8.02. The molecule has 68 valence electrons. The Bertz CT molecular complexity index is 107. The quantitative estimate of drug-likeness (QED) is 0.673. The molecule has 0 radical (unpaired) electrons. The van der Waals surface area contributed by atoms with Crippen LogP contribution in [0.1, 0.15) is 40.5 Å². The van der Waals surface area contributed by atoms with Crippen molar-refractivity contribution in [1.82, 2.24) is 0 Å². The van der Waals surface area contributed by atoms with Crippen molar-refractivity contribution < 1.29 is 4.39 Å². The van der Waals surface area contributed by atoms with Crippen LogP contribution in [0.2, 0.25) is 0 Å². The van der Waals surface area contributed by atoms with Gasteiger partial charge in [-0.25, -0.2) is 4.39 Å². The van der Waals surface area contributed by atoms with E-state index < -0.39 is 6.17 Å². The Morgan fingerprint density at radius 1 is 1.45 bits per heavy atom. The minimum absolute atomic E-state index is 0.137. The van der Waals surface area contributed by atoms with E-state index in [1.165, 1.54) is 0 Å². The van der Waals surface area contributed by atoms with E-state index in [1.807, 2.05) is 27.7 Å². The van der Waals surface area contributed by atoms with Gasteiger partial charge in [-0.2, -0.15) is 0 Å². The molecule has 2 heteroatoms. The van der Waals surface area contributed by atoms with E-state index in [2.05, 4.69) is 0 Å². The van der Waals surface area contributed by atoms with Crippen LogP contribution in [0, 0.1) is 5.92 Å². The Kier molecular flexibility index (Phi) is 4.01. The minimum atomic E-state index is -0.750. The Morgan fingerprint density at radius 2 is 1.91 bits per heavy atom. The monoisotopic (exact) mass is 161 g/mol. The molecule has 0 rings (SSSR count). The second-order valence-corrected chi connectivity index (χ2v) is 4.09. The lowest BCUT2D eigenvalue weighted by Crippen LogP contribution is -2.36. The third-order valence-corrected chi connectivity index (χ3v) is 1.98. The summed E-state index contributed by atoms with van der Waals surface area (Å²) in [6.07, 6.45) is 0.596. The first kappa shape index (κ1) is 10.9. The van der Waals surface area contributed by atoms with Gasteiger partial charge in [0.2, 0.25) is 0 Å². The first-order valence-electron chi connectivity index (χ1n) is 4.29. The third-order valence-electron chi connectivity index (χ3n) is 1.98. The average molecular weight is 161 g/mol. The Hall–Kier alpha value is -0.110. The van der Waals surface area contributed by atoms with Crippen LogP contribution >= 0.6 is 0 Å². The summed E-state index contributed by atoms with van der Waals surface area (Å²) in [5, 5.41) is 0. The molecule has 0 saturated heterocycles. The van der Waals surface area contributed by atoms with Crippen LogP contribution in [0.5, 0.6) is 0 Å². The molecule has 0 bridgehead atoms. The molecule has 1 nitrogen and oxygen atoms in total. The Morgan fingerprint density at radius 3 is 2.18 bits per heavy atom. The van der Waals surface area contributed by atoms with Crippen LogP contribution in [0.25, 0.3) is 0 Å². The fraction of sp³-hybridized carbons (Fsp3) is 1.00. The lowest BCUT2D eigenvalue weighted by atomic mass is 9.91. The molecule has 2 unspecified atom stereocenters. The van der Waals surface area contributed by atoms with E-state index in [1.54, 1.807) is 0 Å². The van der Waals surface area contributed by atoms with Gasteiger partial charge in [-0.15, -0.1) is 0 Å². The zero-order chi connectivity index (χ0) is 9.07. The van der Waals surface area contributed by atoms with Crippen molar-refractivity contribution in [3.05, 3.63) is 0 Å². The van der Waals surface area contributed by atoms with Crippen LogP contribution in [-0.2, 0) is 0 Å². The summed E-state index contributed by atoms with van der Waals surface area (Å²) < 4.78 is 13.2. The number of rotatable bonds is 4. The van der Waals surface area contributed by atoms with Crippen molar-refractivity contribution in [2.45, 2.75) is 52.2 Å². The molecule has 11 heavy (non-hydrogen) atoms. The predicted octanol–water partition coefficient (Wildman–Crippen LogP) is 2.50. The van der Waals surface area contributed by atoms with Crippen molar-refractivity contribution >= 4 is 0 Å². The van der Waals surface area contributed by atoms with Crippen LogP contribution < -0.4 is 5.73 Å². The molecule has 2 N–H and O–H groups in total. The molecule has 0 aromatic heterocycles. The Labute approximate surface area is 69.2 Å². The molecule has 0 aromatic rings. The van der Waals surface area contributed by atoms with Gasteiger partial charge in [-0.1, -0.05) is 20.3 Å². The van der Waals surface area contributed by atoms with Gasteiger partial charge >= 0.3 is 0 Å². The number of alkyl halides is 1. The maximum Gasteiger partial charge on any atom is 0.104 e. The average Bonchev–Trinajstić information content (AvgIpc) is 1.82. The molecular weight excluding hydrogens is 141 g/mol. The topological polar surface area (TPSA) is 26.0 Å². The summed E-state index contributed by atoms with van der Waals surface area (Å²) in [6, 6.07) is 0. The van der Waals surface area contributed by atoms with Crippen molar-refractivity contribution in [3.63, 3.8) is 0 Å². The molecule has 0 aliphatic heterocycles. The van der Waals surface area contributed by atoms with Gasteiger partial charge in [0.1, 0.15) is 6.17 Å². The highest BCUT2D eigenvalue weighted by atomic mass is 19.1. The number of hydrogen-bond donors (Lipinski definition) is 1. The van der Waals surface area contributed by atoms with Crippen LogP contribution in [0.15, 0.2) is 0 Å². The first-order valence-corrected chi connectivity index (χ1v) is 4.29. The highest BCUT2D eigenvalue weighted by molar-refractivity contribution is 4.78. The van der Waals surface area contributed by atoms with Crippen molar-refractivity contribution in [2.75, 3.05) is 0 Å². The summed E-state index contributed by atoms with van der Waals surface area (Å²) in [4.78, 5) is 0. The SMILES string of the molecule is CCC(C)C(F)CC(C)(C)N. The van der Waals surface area contributed by atoms with Crippen molar-refractivity contribution in [1.29, 1.82) is 0 Å². The zero-order valence-electron chi connectivity index (χ0n) is 8.02. The maximum absolute atomic E-state index is 13.2. The van der Waals surface area contributed by atoms with E-state index in [9.17, 15) is 4.39 Å². The first-order chi connectivity index (χ1) is 4.87. The van der Waals surface area contributed by atoms with Crippen LogP contribution in [-0.4, -0.2) is 11.7 Å². The van der Waals surface area contributed by atoms with E-state index >= 15 is 0 Å². The van der Waals surface area contributed by atoms with Gasteiger partial charge in [0, 0.05) is 5.54 Å². The fourth-order valence-electron chi connectivity index (χ4n) is 0.960. The number of halogens is 1. The van der Waals surface area contributed by atoms with Crippen molar-refractivity contribution in [2.24, 2.45) is 11.7 Å². The highest BCUT2D eigenvalue weighted by Crippen LogP contribution is 2.19. The lowest BCUT2D eigenvalue weighted by Gasteiger charge is -2.24. The largest absolute Gasteiger partial charge is 0.325 e. The molecule has 0 aromatic carbocycles. The van der Waals surface area contributed by atoms with Crippen molar-refractivity contribution in [3.8, 4) is 0 Å². The van der Waals surface area contributed by atoms with E-state index in [4.69, 9.17) is 5.73 Å². The summed E-state index contributed by atoms with van der Waals surface area (Å²) in [7, 11) is 0. The van der Waals surface area contributed by atoms with Crippen LogP contribution in [0.4, 0.5) is 4.39 Å². The van der Waals surface area contributed by atoms with E-state index in [-0.39, 0.29) is 11.5 Å². The summed E-state index contributed by atoms with van der Waals surface area (Å²) in [6.45, 7) is 7.65. The highest BCUT2D eigenvalue weighted by Gasteiger charge is 2.22. The van der Waals surface area contributed by atoms with Gasteiger partial charge in [-0.05, 0) is 26.2 Å².